The normalized spacial score (nSPS) is 10.9. The number of rotatable bonds is 3. The number of ether oxygens (including phenoxy) is 1. The first kappa shape index (κ1) is 18.8. The van der Waals surface area contributed by atoms with E-state index in [1.54, 1.807) is 57.2 Å². The topological polar surface area (TPSA) is 67.4 Å². The van der Waals surface area contributed by atoms with Gasteiger partial charge in [-0.25, -0.2) is 4.79 Å². The third kappa shape index (κ3) is 5.80. The van der Waals surface area contributed by atoms with E-state index >= 15 is 0 Å². The molecule has 0 bridgehead atoms. The van der Waals surface area contributed by atoms with Crippen LogP contribution in [-0.4, -0.2) is 17.6 Å². The van der Waals surface area contributed by atoms with Crippen molar-refractivity contribution in [1.82, 2.24) is 0 Å². The summed E-state index contributed by atoms with van der Waals surface area (Å²) < 4.78 is 5.20. The Labute approximate surface area is 152 Å². The molecule has 2 N–H and O–H groups in total. The Morgan fingerprint density at radius 1 is 1.04 bits per heavy atom. The Morgan fingerprint density at radius 3 is 2.40 bits per heavy atom. The van der Waals surface area contributed by atoms with Gasteiger partial charge in [0.05, 0.1) is 10.7 Å². The number of halogens is 1. The van der Waals surface area contributed by atoms with E-state index in [4.69, 9.17) is 16.3 Å². The van der Waals surface area contributed by atoms with Gasteiger partial charge in [-0.2, -0.15) is 0 Å². The SMILES string of the molecule is Cc1ccc(NC(=O)c2cccc(NC(=O)OC(C)(C)C)c2)c(Cl)c1. The maximum Gasteiger partial charge on any atom is 0.412 e. The summed E-state index contributed by atoms with van der Waals surface area (Å²) in [4.78, 5) is 24.2. The molecule has 0 aliphatic heterocycles. The first-order chi connectivity index (χ1) is 11.6. The lowest BCUT2D eigenvalue weighted by atomic mass is 10.1. The van der Waals surface area contributed by atoms with E-state index in [9.17, 15) is 9.59 Å². The summed E-state index contributed by atoms with van der Waals surface area (Å²) in [6, 6.07) is 12.0. The molecule has 2 amide bonds. The third-order valence-electron chi connectivity index (χ3n) is 3.14. The summed E-state index contributed by atoms with van der Waals surface area (Å²) in [5.74, 6) is -0.321. The fourth-order valence-electron chi connectivity index (χ4n) is 2.08. The van der Waals surface area contributed by atoms with Crippen LogP contribution >= 0.6 is 11.6 Å². The molecule has 0 aliphatic rings. The fraction of sp³-hybridized carbons (Fsp3) is 0.263. The Kier molecular flexibility index (Phi) is 5.69. The molecule has 0 fully saturated rings. The van der Waals surface area contributed by atoms with E-state index in [2.05, 4.69) is 10.6 Å². The van der Waals surface area contributed by atoms with Gasteiger partial charge in [-0.15, -0.1) is 0 Å². The second kappa shape index (κ2) is 7.57. The van der Waals surface area contributed by atoms with Gasteiger partial charge < -0.3 is 10.1 Å². The van der Waals surface area contributed by atoms with Gasteiger partial charge in [0.25, 0.3) is 5.91 Å². The molecule has 2 rings (SSSR count). The summed E-state index contributed by atoms with van der Waals surface area (Å²) in [6.45, 7) is 7.26. The molecule has 0 heterocycles. The highest BCUT2D eigenvalue weighted by Crippen LogP contribution is 2.23. The van der Waals surface area contributed by atoms with Crippen molar-refractivity contribution >= 4 is 35.0 Å². The number of aryl methyl sites for hydroxylation is 1. The summed E-state index contributed by atoms with van der Waals surface area (Å²) in [7, 11) is 0. The Balaban J connectivity index is 2.09. The quantitative estimate of drug-likeness (QED) is 0.785. The molecule has 0 aromatic heterocycles. The van der Waals surface area contributed by atoms with Crippen molar-refractivity contribution in [2.24, 2.45) is 0 Å². The molecule has 2 aromatic carbocycles. The first-order valence-corrected chi connectivity index (χ1v) is 8.19. The number of benzene rings is 2. The summed E-state index contributed by atoms with van der Waals surface area (Å²) in [6.07, 6.45) is -0.577. The molecule has 0 unspecified atom stereocenters. The summed E-state index contributed by atoms with van der Waals surface area (Å²) >= 11 is 6.13. The van der Waals surface area contributed by atoms with E-state index < -0.39 is 11.7 Å². The van der Waals surface area contributed by atoms with Crippen LogP contribution in [0.15, 0.2) is 42.5 Å². The standard InChI is InChI=1S/C19H21ClN2O3/c1-12-8-9-16(15(20)10-12)22-17(23)13-6-5-7-14(11-13)21-18(24)25-19(2,3)4/h5-11H,1-4H3,(H,21,24)(H,22,23). The van der Waals surface area contributed by atoms with E-state index in [1.165, 1.54) is 0 Å². The fourth-order valence-corrected chi connectivity index (χ4v) is 2.36. The molecule has 5 nitrogen and oxygen atoms in total. The van der Waals surface area contributed by atoms with Crippen LogP contribution in [0.3, 0.4) is 0 Å². The number of carbonyl (C=O) groups is 2. The lowest BCUT2D eigenvalue weighted by Gasteiger charge is -2.19. The van der Waals surface area contributed by atoms with Crippen LogP contribution in [0, 0.1) is 6.92 Å². The molecule has 0 saturated carbocycles. The molecule has 6 heteroatoms. The monoisotopic (exact) mass is 360 g/mol. The predicted octanol–water partition coefficient (Wildman–Crippen LogP) is 5.25. The molecule has 0 aliphatic carbocycles. The van der Waals surface area contributed by atoms with Crippen molar-refractivity contribution in [3.05, 3.63) is 58.6 Å². The molecule has 132 valence electrons. The van der Waals surface area contributed by atoms with Crippen LogP contribution in [-0.2, 0) is 4.74 Å². The minimum Gasteiger partial charge on any atom is -0.444 e. The minimum absolute atomic E-state index is 0.321. The second-order valence-corrected chi connectivity index (χ2v) is 7.05. The van der Waals surface area contributed by atoms with Crippen LogP contribution in [0.4, 0.5) is 16.2 Å². The lowest BCUT2D eigenvalue weighted by molar-refractivity contribution is 0.0635. The number of hydrogen-bond acceptors (Lipinski definition) is 3. The van der Waals surface area contributed by atoms with Gasteiger partial charge in [-0.05, 0) is 63.6 Å². The summed E-state index contributed by atoms with van der Waals surface area (Å²) in [5, 5.41) is 5.84. The zero-order chi connectivity index (χ0) is 18.6. The molecule has 0 spiro atoms. The molecule has 25 heavy (non-hydrogen) atoms. The first-order valence-electron chi connectivity index (χ1n) is 7.81. The van der Waals surface area contributed by atoms with Crippen LogP contribution < -0.4 is 10.6 Å². The maximum atomic E-state index is 12.4. The largest absolute Gasteiger partial charge is 0.444 e. The molecular formula is C19H21ClN2O3. The highest BCUT2D eigenvalue weighted by Gasteiger charge is 2.16. The van der Waals surface area contributed by atoms with E-state index in [-0.39, 0.29) is 5.91 Å². The summed E-state index contributed by atoms with van der Waals surface area (Å²) in [5.41, 5.74) is 1.80. The third-order valence-corrected chi connectivity index (χ3v) is 3.46. The minimum atomic E-state index is -0.596. The molecular weight excluding hydrogens is 340 g/mol. The molecule has 0 atom stereocenters. The van der Waals surface area contributed by atoms with E-state index in [0.717, 1.165) is 5.56 Å². The Bertz CT molecular complexity index is 797. The van der Waals surface area contributed by atoms with Gasteiger partial charge in [0.15, 0.2) is 0 Å². The van der Waals surface area contributed by atoms with Gasteiger partial charge in [0.2, 0.25) is 0 Å². The van der Waals surface area contributed by atoms with E-state index in [0.29, 0.717) is 22.0 Å². The number of anilines is 2. The molecule has 0 saturated heterocycles. The Hall–Kier alpha value is -2.53. The van der Waals surface area contributed by atoms with Crippen LogP contribution in [0.5, 0.6) is 0 Å². The van der Waals surface area contributed by atoms with Gasteiger partial charge in [0.1, 0.15) is 5.60 Å². The van der Waals surface area contributed by atoms with Crippen LogP contribution in [0.2, 0.25) is 5.02 Å². The lowest BCUT2D eigenvalue weighted by Crippen LogP contribution is -2.27. The van der Waals surface area contributed by atoms with Gasteiger partial charge in [-0.3, -0.25) is 10.1 Å². The van der Waals surface area contributed by atoms with Crippen molar-refractivity contribution in [3.63, 3.8) is 0 Å². The number of nitrogens with one attached hydrogen (secondary N) is 2. The van der Waals surface area contributed by atoms with Crippen molar-refractivity contribution in [1.29, 1.82) is 0 Å². The van der Waals surface area contributed by atoms with Crippen LogP contribution in [0.1, 0.15) is 36.7 Å². The maximum absolute atomic E-state index is 12.4. The highest BCUT2D eigenvalue weighted by molar-refractivity contribution is 6.34. The number of amides is 2. The zero-order valence-corrected chi connectivity index (χ0v) is 15.4. The van der Waals surface area contributed by atoms with E-state index in [1.807, 2.05) is 13.0 Å². The molecule has 0 radical (unpaired) electrons. The van der Waals surface area contributed by atoms with Gasteiger partial charge >= 0.3 is 6.09 Å². The van der Waals surface area contributed by atoms with Crippen molar-refractivity contribution in [2.75, 3.05) is 10.6 Å². The van der Waals surface area contributed by atoms with Crippen LogP contribution in [0.25, 0.3) is 0 Å². The van der Waals surface area contributed by atoms with Gasteiger partial charge in [-0.1, -0.05) is 23.7 Å². The molecule has 2 aromatic rings. The second-order valence-electron chi connectivity index (χ2n) is 6.65. The Morgan fingerprint density at radius 2 is 1.76 bits per heavy atom. The number of hydrogen-bond donors (Lipinski definition) is 2. The number of carbonyl (C=O) groups excluding carboxylic acids is 2. The average molecular weight is 361 g/mol. The highest BCUT2D eigenvalue weighted by atomic mass is 35.5. The van der Waals surface area contributed by atoms with Crippen molar-refractivity contribution in [2.45, 2.75) is 33.3 Å². The van der Waals surface area contributed by atoms with Gasteiger partial charge in [0, 0.05) is 11.3 Å². The zero-order valence-electron chi connectivity index (χ0n) is 14.6. The smallest absolute Gasteiger partial charge is 0.412 e. The van der Waals surface area contributed by atoms with Crippen molar-refractivity contribution in [3.8, 4) is 0 Å². The van der Waals surface area contributed by atoms with Crippen molar-refractivity contribution < 1.29 is 14.3 Å². The average Bonchev–Trinajstić information content (AvgIpc) is 2.48. The predicted molar refractivity (Wildman–Crippen MR) is 100 cm³/mol.